The standard InChI is InChI=1S/C32H27ClIN3O4/c1-21-3-4-22(2)37(21)26-10-12-27(13-11-26)39-20-28-14-16-31(41-28)32(38)36-35-18-24-7-15-30(29(34)17-24)40-19-23-5-8-25(33)9-6-23/h3-18H,19-20H2,1-2H3,(H,36,38)/b35-18+. The molecule has 208 valence electrons. The molecule has 7 nitrogen and oxygen atoms in total. The lowest BCUT2D eigenvalue weighted by Crippen LogP contribution is -2.16. The Morgan fingerprint density at radius 1 is 0.927 bits per heavy atom. The molecule has 2 heterocycles. The number of ether oxygens (including phenoxy) is 2. The molecule has 1 amide bonds. The van der Waals surface area contributed by atoms with Gasteiger partial charge in [0.2, 0.25) is 0 Å². The Labute approximate surface area is 256 Å². The molecule has 0 bridgehead atoms. The van der Waals surface area contributed by atoms with E-state index in [0.717, 1.165) is 26.1 Å². The van der Waals surface area contributed by atoms with E-state index < -0.39 is 5.91 Å². The molecule has 0 saturated heterocycles. The van der Waals surface area contributed by atoms with Gasteiger partial charge in [-0.05, 0) is 126 Å². The molecule has 0 spiro atoms. The van der Waals surface area contributed by atoms with Gasteiger partial charge >= 0.3 is 5.91 Å². The summed E-state index contributed by atoms with van der Waals surface area (Å²) in [5.41, 5.74) is 7.75. The molecule has 0 unspecified atom stereocenters. The highest BCUT2D eigenvalue weighted by Gasteiger charge is 2.11. The van der Waals surface area contributed by atoms with Crippen molar-refractivity contribution in [3.63, 3.8) is 0 Å². The average molecular weight is 680 g/mol. The van der Waals surface area contributed by atoms with Crippen LogP contribution in [0, 0.1) is 17.4 Å². The van der Waals surface area contributed by atoms with Gasteiger partial charge in [0.1, 0.15) is 30.5 Å². The molecule has 0 aliphatic heterocycles. The second kappa shape index (κ2) is 13.1. The number of rotatable bonds is 10. The first-order valence-corrected chi connectivity index (χ1v) is 14.3. The quantitative estimate of drug-likeness (QED) is 0.0926. The van der Waals surface area contributed by atoms with Gasteiger partial charge in [-0.1, -0.05) is 23.7 Å². The van der Waals surface area contributed by atoms with Crippen LogP contribution < -0.4 is 14.9 Å². The maximum absolute atomic E-state index is 12.5. The van der Waals surface area contributed by atoms with Gasteiger partial charge in [-0.15, -0.1) is 0 Å². The van der Waals surface area contributed by atoms with Gasteiger partial charge in [-0.25, -0.2) is 5.43 Å². The minimum atomic E-state index is -0.452. The fourth-order valence-electron chi connectivity index (χ4n) is 4.18. The highest BCUT2D eigenvalue weighted by atomic mass is 127. The zero-order valence-electron chi connectivity index (χ0n) is 22.4. The number of nitrogens with one attached hydrogen (secondary N) is 1. The summed E-state index contributed by atoms with van der Waals surface area (Å²) in [5, 5.41) is 4.75. The largest absolute Gasteiger partial charge is 0.488 e. The molecular weight excluding hydrogens is 653 g/mol. The number of carbonyl (C=O) groups is 1. The monoisotopic (exact) mass is 679 g/mol. The smallest absolute Gasteiger partial charge is 0.307 e. The third kappa shape index (κ3) is 7.39. The van der Waals surface area contributed by atoms with E-state index in [-0.39, 0.29) is 12.4 Å². The van der Waals surface area contributed by atoms with Crippen molar-refractivity contribution in [1.29, 1.82) is 0 Å². The van der Waals surface area contributed by atoms with Crippen molar-refractivity contribution in [2.24, 2.45) is 5.10 Å². The van der Waals surface area contributed by atoms with Crippen molar-refractivity contribution in [3.8, 4) is 17.2 Å². The maximum Gasteiger partial charge on any atom is 0.307 e. The molecule has 0 fully saturated rings. The second-order valence-electron chi connectivity index (χ2n) is 9.30. The summed E-state index contributed by atoms with van der Waals surface area (Å²) in [6, 6.07) is 28.5. The average Bonchev–Trinajstić information content (AvgIpc) is 3.58. The summed E-state index contributed by atoms with van der Waals surface area (Å²) in [6.07, 6.45) is 1.57. The number of halogens is 2. The third-order valence-corrected chi connectivity index (χ3v) is 7.37. The van der Waals surface area contributed by atoms with Crippen LogP contribution >= 0.6 is 34.2 Å². The molecule has 0 aliphatic carbocycles. The molecule has 0 aliphatic rings. The zero-order chi connectivity index (χ0) is 28.8. The molecular formula is C32H27ClIN3O4. The zero-order valence-corrected chi connectivity index (χ0v) is 25.3. The van der Waals surface area contributed by atoms with E-state index >= 15 is 0 Å². The van der Waals surface area contributed by atoms with Crippen LogP contribution in [0.4, 0.5) is 0 Å². The van der Waals surface area contributed by atoms with Gasteiger partial charge < -0.3 is 18.5 Å². The van der Waals surface area contributed by atoms with E-state index in [1.54, 1.807) is 18.3 Å². The number of aryl methyl sites for hydroxylation is 2. The molecule has 0 radical (unpaired) electrons. The number of furan rings is 1. The number of hydrogen-bond acceptors (Lipinski definition) is 5. The summed E-state index contributed by atoms with van der Waals surface area (Å²) in [4.78, 5) is 12.5. The normalized spacial score (nSPS) is 11.1. The Balaban J connectivity index is 1.10. The van der Waals surface area contributed by atoms with Crippen molar-refractivity contribution in [2.75, 3.05) is 0 Å². The van der Waals surface area contributed by atoms with Crippen LogP contribution in [0.2, 0.25) is 5.02 Å². The molecule has 41 heavy (non-hydrogen) atoms. The SMILES string of the molecule is Cc1ccc(C)n1-c1ccc(OCc2ccc(C(=O)N/N=C/c3ccc(OCc4ccc(Cl)cc4)c(I)c3)o2)cc1. The topological polar surface area (TPSA) is 78.0 Å². The van der Waals surface area contributed by atoms with E-state index in [9.17, 15) is 4.79 Å². The molecule has 2 aromatic heterocycles. The van der Waals surface area contributed by atoms with Gasteiger partial charge in [-0.3, -0.25) is 4.79 Å². The molecule has 1 N–H and O–H groups in total. The van der Waals surface area contributed by atoms with Gasteiger partial charge in [-0.2, -0.15) is 5.10 Å². The fraction of sp³-hybridized carbons (Fsp3) is 0.125. The lowest BCUT2D eigenvalue weighted by molar-refractivity contribution is 0.0923. The number of hydrazone groups is 1. The number of aromatic nitrogens is 1. The fourth-order valence-corrected chi connectivity index (χ4v) is 5.00. The summed E-state index contributed by atoms with van der Waals surface area (Å²) >= 11 is 8.14. The van der Waals surface area contributed by atoms with E-state index in [2.05, 4.69) is 63.7 Å². The lowest BCUT2D eigenvalue weighted by Gasteiger charge is -2.10. The Morgan fingerprint density at radius 2 is 1.66 bits per heavy atom. The number of hydrogen-bond donors (Lipinski definition) is 1. The Hall–Kier alpha value is -4.02. The summed E-state index contributed by atoms with van der Waals surface area (Å²) in [5.74, 6) is 1.69. The molecule has 0 atom stereocenters. The second-order valence-corrected chi connectivity index (χ2v) is 10.9. The minimum Gasteiger partial charge on any atom is -0.488 e. The Kier molecular flexibility index (Phi) is 9.11. The highest BCUT2D eigenvalue weighted by molar-refractivity contribution is 14.1. The minimum absolute atomic E-state index is 0.148. The van der Waals surface area contributed by atoms with E-state index in [1.807, 2.05) is 66.7 Å². The van der Waals surface area contributed by atoms with Gasteiger partial charge in [0, 0.05) is 22.1 Å². The van der Waals surface area contributed by atoms with Gasteiger partial charge in [0.25, 0.3) is 0 Å². The van der Waals surface area contributed by atoms with Gasteiger partial charge in [0.05, 0.1) is 9.78 Å². The molecule has 3 aromatic carbocycles. The first-order chi connectivity index (χ1) is 19.9. The predicted molar refractivity (Wildman–Crippen MR) is 168 cm³/mol. The van der Waals surface area contributed by atoms with Crippen molar-refractivity contribution in [1.82, 2.24) is 9.99 Å². The van der Waals surface area contributed by atoms with Crippen LogP contribution in [0.3, 0.4) is 0 Å². The summed E-state index contributed by atoms with van der Waals surface area (Å²) in [7, 11) is 0. The number of amides is 1. The number of nitrogens with zero attached hydrogens (tertiary/aromatic N) is 2. The third-order valence-electron chi connectivity index (χ3n) is 6.28. The van der Waals surface area contributed by atoms with Crippen LogP contribution in [0.1, 0.15) is 38.8 Å². The van der Waals surface area contributed by atoms with E-state index in [0.29, 0.717) is 23.1 Å². The van der Waals surface area contributed by atoms with Crippen molar-refractivity contribution in [2.45, 2.75) is 27.1 Å². The van der Waals surface area contributed by atoms with E-state index in [4.69, 9.17) is 25.5 Å². The first-order valence-electron chi connectivity index (χ1n) is 12.8. The number of carbonyl (C=O) groups excluding carboxylic acids is 1. The number of benzene rings is 3. The van der Waals surface area contributed by atoms with Crippen LogP contribution in [0.25, 0.3) is 5.69 Å². The van der Waals surface area contributed by atoms with Crippen molar-refractivity contribution < 1.29 is 18.7 Å². The summed E-state index contributed by atoms with van der Waals surface area (Å²) < 4.78 is 20.5. The van der Waals surface area contributed by atoms with Crippen LogP contribution in [0.15, 0.2) is 101 Å². The van der Waals surface area contributed by atoms with Crippen molar-refractivity contribution >= 4 is 46.3 Å². The van der Waals surface area contributed by atoms with Crippen LogP contribution in [-0.2, 0) is 13.2 Å². The molecule has 5 aromatic rings. The Morgan fingerprint density at radius 3 is 2.37 bits per heavy atom. The van der Waals surface area contributed by atoms with Crippen molar-refractivity contribution in [3.05, 3.63) is 134 Å². The first kappa shape index (κ1) is 28.5. The molecule has 9 heteroatoms. The summed E-state index contributed by atoms with van der Waals surface area (Å²) in [6.45, 7) is 4.79. The molecule has 5 rings (SSSR count). The Bertz CT molecular complexity index is 1650. The van der Waals surface area contributed by atoms with Crippen LogP contribution in [-0.4, -0.2) is 16.7 Å². The predicted octanol–water partition coefficient (Wildman–Crippen LogP) is 7.87. The lowest BCUT2D eigenvalue weighted by atomic mass is 10.2. The molecule has 0 saturated carbocycles. The van der Waals surface area contributed by atoms with E-state index in [1.165, 1.54) is 11.4 Å². The van der Waals surface area contributed by atoms with Gasteiger partial charge in [0.15, 0.2) is 5.76 Å². The maximum atomic E-state index is 12.5. The highest BCUT2D eigenvalue weighted by Crippen LogP contribution is 2.24. The van der Waals surface area contributed by atoms with Crippen LogP contribution in [0.5, 0.6) is 11.5 Å².